The molecule has 1 aliphatic rings. The van der Waals surface area contributed by atoms with Crippen molar-refractivity contribution in [1.29, 1.82) is 0 Å². The van der Waals surface area contributed by atoms with Crippen LogP contribution in [-0.4, -0.2) is 86.7 Å². The lowest BCUT2D eigenvalue weighted by Crippen LogP contribution is -2.58. The number of nitrogens with one attached hydrogen (secondary N) is 1. The summed E-state index contributed by atoms with van der Waals surface area (Å²) in [6.07, 6.45) is -3.64. The van der Waals surface area contributed by atoms with E-state index in [2.05, 4.69) is 14.6 Å². The van der Waals surface area contributed by atoms with Crippen molar-refractivity contribution < 1.29 is 43.2 Å². The molecule has 2 N–H and O–H groups in total. The number of aliphatic hydroxyl groups is 1. The Bertz CT molecular complexity index is 481. The van der Waals surface area contributed by atoms with Crippen LogP contribution in [0.3, 0.4) is 0 Å². The minimum Gasteiger partial charge on any atom is -0.434 e. The van der Waals surface area contributed by atoms with E-state index in [1.54, 1.807) is 6.92 Å². The van der Waals surface area contributed by atoms with Crippen LogP contribution in [-0.2, 0) is 38.1 Å². The molecule has 0 aromatic carbocycles. The van der Waals surface area contributed by atoms with Crippen molar-refractivity contribution in [2.45, 2.75) is 63.3 Å². The number of carbonyl (C=O) groups excluding carboxylic acids is 3. The predicted molar refractivity (Wildman–Crippen MR) is 95.8 cm³/mol. The zero-order chi connectivity index (χ0) is 20.4. The standard InChI is InChI=1S/C16H28NO9P/c1-9-15(17-10(2)21)12(4-11(5-18)24-9)25-14(7-27)26-16(23-8-20)13(6-19)22-3/h6,8-9,11-16,18H,4-5,7,27H2,1-3H3,(H,17,21)/t9-,11?,12?,13?,14+,15?,16?/m0/s1. The molecule has 1 rings (SSSR count). The highest BCUT2D eigenvalue weighted by molar-refractivity contribution is 7.16. The molecule has 0 aliphatic carbocycles. The van der Waals surface area contributed by atoms with Gasteiger partial charge in [-0.1, -0.05) is 0 Å². The van der Waals surface area contributed by atoms with Crippen LogP contribution in [0.1, 0.15) is 20.3 Å². The fraction of sp³-hybridized carbons (Fsp3) is 0.812. The Balaban J connectivity index is 2.89. The first kappa shape index (κ1) is 23.9. The van der Waals surface area contributed by atoms with E-state index in [0.717, 1.165) is 0 Å². The second-order valence-electron chi connectivity index (χ2n) is 6.02. The van der Waals surface area contributed by atoms with Crippen molar-refractivity contribution in [2.75, 3.05) is 19.9 Å². The molecular weight excluding hydrogens is 381 g/mol. The van der Waals surface area contributed by atoms with E-state index in [0.29, 0.717) is 12.7 Å². The third-order valence-corrected chi connectivity index (χ3v) is 4.44. The van der Waals surface area contributed by atoms with Crippen LogP contribution in [0.15, 0.2) is 0 Å². The summed E-state index contributed by atoms with van der Waals surface area (Å²) in [5, 5.41) is 12.2. The van der Waals surface area contributed by atoms with Gasteiger partial charge < -0.3 is 38.9 Å². The topological polar surface area (TPSA) is 130 Å². The first-order valence-corrected chi connectivity index (χ1v) is 9.33. The van der Waals surface area contributed by atoms with Crippen molar-refractivity contribution >= 4 is 27.9 Å². The van der Waals surface area contributed by atoms with E-state index in [4.69, 9.17) is 23.7 Å². The Morgan fingerprint density at radius 1 is 1.44 bits per heavy atom. The average Bonchev–Trinajstić information content (AvgIpc) is 2.64. The Morgan fingerprint density at radius 3 is 2.63 bits per heavy atom. The Hall–Kier alpha value is -1.16. The van der Waals surface area contributed by atoms with Crippen molar-refractivity contribution in [1.82, 2.24) is 5.32 Å². The van der Waals surface area contributed by atoms with Gasteiger partial charge in [-0.25, -0.2) is 0 Å². The first-order chi connectivity index (χ1) is 12.9. The quantitative estimate of drug-likeness (QED) is 0.236. The lowest BCUT2D eigenvalue weighted by Gasteiger charge is -2.41. The highest BCUT2D eigenvalue weighted by atomic mass is 31.0. The molecule has 156 valence electrons. The van der Waals surface area contributed by atoms with E-state index < -0.39 is 43.0 Å². The number of aliphatic hydroxyl groups excluding tert-OH is 1. The maximum Gasteiger partial charge on any atom is 0.295 e. The molecule has 1 heterocycles. The Labute approximate surface area is 160 Å². The molecule has 1 aliphatic heterocycles. The molecule has 0 radical (unpaired) electrons. The molecule has 0 spiro atoms. The summed E-state index contributed by atoms with van der Waals surface area (Å²) in [5.74, 6) is -0.252. The monoisotopic (exact) mass is 409 g/mol. The van der Waals surface area contributed by atoms with Crippen molar-refractivity contribution in [3.63, 3.8) is 0 Å². The molecule has 1 amide bonds. The van der Waals surface area contributed by atoms with Gasteiger partial charge in [-0.05, 0) is 6.92 Å². The molecule has 0 aromatic heterocycles. The highest BCUT2D eigenvalue weighted by Crippen LogP contribution is 2.25. The van der Waals surface area contributed by atoms with E-state index in [9.17, 15) is 19.5 Å². The molecule has 0 bridgehead atoms. The van der Waals surface area contributed by atoms with Crippen molar-refractivity contribution in [3.8, 4) is 0 Å². The molecule has 0 saturated carbocycles. The maximum atomic E-state index is 11.5. The van der Waals surface area contributed by atoms with E-state index in [1.165, 1.54) is 14.0 Å². The van der Waals surface area contributed by atoms with Gasteiger partial charge in [0, 0.05) is 26.6 Å². The number of amides is 1. The smallest absolute Gasteiger partial charge is 0.295 e. The second kappa shape index (κ2) is 12.3. The van der Waals surface area contributed by atoms with Crippen LogP contribution < -0.4 is 5.32 Å². The molecular formula is C16H28NO9P. The summed E-state index contributed by atoms with van der Waals surface area (Å²) in [7, 11) is 3.71. The molecule has 1 saturated heterocycles. The Kier molecular flexibility index (Phi) is 10.9. The molecule has 27 heavy (non-hydrogen) atoms. The number of methoxy groups -OCH3 is 1. The SMILES string of the molecule is COC(C=O)C(OC=O)O[C@H](CP)OC1CC(CO)O[C@@H](C)C1NC(C)=O. The van der Waals surface area contributed by atoms with Gasteiger partial charge in [0.2, 0.25) is 12.2 Å². The van der Waals surface area contributed by atoms with Gasteiger partial charge >= 0.3 is 0 Å². The van der Waals surface area contributed by atoms with Crippen molar-refractivity contribution in [2.24, 2.45) is 0 Å². The third kappa shape index (κ3) is 7.40. The minimum atomic E-state index is -1.29. The third-order valence-electron chi connectivity index (χ3n) is 4.05. The predicted octanol–water partition coefficient (Wildman–Crippen LogP) is -1.02. The van der Waals surface area contributed by atoms with Crippen LogP contribution in [0.25, 0.3) is 0 Å². The van der Waals surface area contributed by atoms with E-state index in [1.807, 2.05) is 0 Å². The van der Waals surface area contributed by atoms with Gasteiger partial charge in [0.15, 0.2) is 18.7 Å². The zero-order valence-electron chi connectivity index (χ0n) is 15.6. The zero-order valence-corrected chi connectivity index (χ0v) is 16.8. The number of hydrogen-bond donors (Lipinski definition) is 2. The van der Waals surface area contributed by atoms with Gasteiger partial charge in [0.05, 0.1) is 31.0 Å². The fourth-order valence-corrected chi connectivity index (χ4v) is 3.04. The second-order valence-corrected chi connectivity index (χ2v) is 6.49. The number of rotatable bonds is 12. The molecule has 10 nitrogen and oxygen atoms in total. The fourth-order valence-electron chi connectivity index (χ4n) is 2.81. The number of carbonyl (C=O) groups is 3. The van der Waals surface area contributed by atoms with Crippen LogP contribution in [0.4, 0.5) is 0 Å². The van der Waals surface area contributed by atoms with Crippen LogP contribution in [0.2, 0.25) is 0 Å². The van der Waals surface area contributed by atoms with Gasteiger partial charge in [-0.15, -0.1) is 9.24 Å². The van der Waals surface area contributed by atoms with Gasteiger partial charge in [0.25, 0.3) is 6.47 Å². The van der Waals surface area contributed by atoms with Crippen LogP contribution in [0.5, 0.6) is 0 Å². The largest absolute Gasteiger partial charge is 0.434 e. The van der Waals surface area contributed by atoms with Gasteiger partial charge in [0.1, 0.15) is 0 Å². The summed E-state index contributed by atoms with van der Waals surface area (Å²) < 4.78 is 26.9. The number of hydrogen-bond acceptors (Lipinski definition) is 9. The molecule has 8 atom stereocenters. The van der Waals surface area contributed by atoms with Gasteiger partial charge in [-0.2, -0.15) is 0 Å². The first-order valence-electron chi connectivity index (χ1n) is 8.51. The summed E-state index contributed by atoms with van der Waals surface area (Å²) >= 11 is 0. The molecule has 6 unspecified atom stereocenters. The Morgan fingerprint density at radius 2 is 2.15 bits per heavy atom. The summed E-state index contributed by atoms with van der Waals surface area (Å²) in [6, 6.07) is -0.470. The highest BCUT2D eigenvalue weighted by Gasteiger charge is 2.39. The van der Waals surface area contributed by atoms with E-state index >= 15 is 0 Å². The van der Waals surface area contributed by atoms with Crippen LogP contribution >= 0.6 is 9.24 Å². The molecule has 0 aromatic rings. The van der Waals surface area contributed by atoms with Crippen molar-refractivity contribution in [3.05, 3.63) is 0 Å². The summed E-state index contributed by atoms with van der Waals surface area (Å²) in [4.78, 5) is 33.3. The lowest BCUT2D eigenvalue weighted by molar-refractivity contribution is -0.273. The van der Waals surface area contributed by atoms with E-state index in [-0.39, 0.29) is 25.1 Å². The summed E-state index contributed by atoms with van der Waals surface area (Å²) in [6.45, 7) is 3.10. The van der Waals surface area contributed by atoms with Crippen LogP contribution in [0, 0.1) is 0 Å². The number of ether oxygens (including phenoxy) is 5. The summed E-state index contributed by atoms with van der Waals surface area (Å²) in [5.41, 5.74) is 0. The molecule has 1 fully saturated rings. The normalized spacial score (nSPS) is 28.6. The number of aldehydes is 1. The molecule has 11 heteroatoms. The minimum absolute atomic E-state index is 0.151. The lowest BCUT2D eigenvalue weighted by atomic mass is 9.96. The maximum absolute atomic E-state index is 11.5. The van der Waals surface area contributed by atoms with Gasteiger partial charge in [-0.3, -0.25) is 9.59 Å². The average molecular weight is 409 g/mol.